The van der Waals surface area contributed by atoms with E-state index in [1.165, 1.54) is 0 Å². The average molecular weight is 308 g/mol. The Morgan fingerprint density at radius 2 is 2.12 bits per heavy atom. The smallest absolute Gasteiger partial charge is 0.251 e. The van der Waals surface area contributed by atoms with Gasteiger partial charge in [-0.15, -0.1) is 0 Å². The van der Waals surface area contributed by atoms with Gasteiger partial charge >= 0.3 is 0 Å². The summed E-state index contributed by atoms with van der Waals surface area (Å²) in [5.74, 6) is 0.552. The highest BCUT2D eigenvalue weighted by Gasteiger charge is 2.21. The maximum Gasteiger partial charge on any atom is 0.251 e. The second-order valence-electron chi connectivity index (χ2n) is 4.52. The second-order valence-corrected chi connectivity index (χ2v) is 5.43. The van der Waals surface area contributed by atoms with Crippen LogP contribution in [0.2, 0.25) is 0 Å². The van der Waals surface area contributed by atoms with Crippen molar-refractivity contribution >= 4 is 15.9 Å². The van der Waals surface area contributed by atoms with Crippen LogP contribution in [0.5, 0.6) is 0 Å². The zero-order valence-corrected chi connectivity index (χ0v) is 11.1. The number of piperidine rings is 1. The van der Waals surface area contributed by atoms with Crippen LogP contribution in [0.15, 0.2) is 16.9 Å². The molecule has 3 nitrogen and oxygen atoms in total. The summed E-state index contributed by atoms with van der Waals surface area (Å²) in [7, 11) is 0. The molecule has 0 bridgehead atoms. The van der Waals surface area contributed by atoms with Gasteiger partial charge in [0.15, 0.2) is 0 Å². The molecular weight excluding hydrogens is 292 g/mol. The van der Waals surface area contributed by atoms with Crippen LogP contribution in [0, 0.1) is 5.92 Å². The first kappa shape index (κ1) is 13.0. The largest absolute Gasteiger partial charge is 0.298 e. The van der Waals surface area contributed by atoms with Crippen molar-refractivity contribution < 1.29 is 8.78 Å². The summed E-state index contributed by atoms with van der Waals surface area (Å²) < 4.78 is 27.3. The molecule has 0 saturated carbocycles. The molecule has 1 aliphatic rings. The molecule has 17 heavy (non-hydrogen) atoms. The second kappa shape index (κ2) is 5.91. The van der Waals surface area contributed by atoms with Crippen molar-refractivity contribution in [1.82, 2.24) is 14.7 Å². The summed E-state index contributed by atoms with van der Waals surface area (Å²) in [6.45, 7) is 2.35. The minimum absolute atomic E-state index is 0.0833. The van der Waals surface area contributed by atoms with Crippen LogP contribution in [0.1, 0.15) is 12.8 Å². The molecule has 0 spiro atoms. The Kier molecular flexibility index (Phi) is 4.50. The van der Waals surface area contributed by atoms with E-state index in [9.17, 15) is 8.78 Å². The van der Waals surface area contributed by atoms with Gasteiger partial charge in [0.1, 0.15) is 0 Å². The standard InChI is InChI=1S/C11H16BrF2N3/c12-10-5-15-17(7-10)6-9-1-3-16(4-2-9)8-11(13)14/h5,7,9,11H,1-4,6,8H2. The van der Waals surface area contributed by atoms with Crippen molar-refractivity contribution in [3.05, 3.63) is 16.9 Å². The lowest BCUT2D eigenvalue weighted by atomic mass is 9.97. The molecule has 6 heteroatoms. The first-order valence-electron chi connectivity index (χ1n) is 5.82. The third-order valence-corrected chi connectivity index (χ3v) is 3.56. The zero-order chi connectivity index (χ0) is 12.3. The molecule has 0 aromatic carbocycles. The summed E-state index contributed by atoms with van der Waals surface area (Å²) in [5.41, 5.74) is 0. The zero-order valence-electron chi connectivity index (χ0n) is 9.53. The molecule has 96 valence electrons. The van der Waals surface area contributed by atoms with Crippen molar-refractivity contribution in [3.8, 4) is 0 Å². The summed E-state index contributed by atoms with van der Waals surface area (Å²) in [4.78, 5) is 1.85. The number of rotatable bonds is 4. The van der Waals surface area contributed by atoms with Crippen molar-refractivity contribution in [2.24, 2.45) is 5.92 Å². The van der Waals surface area contributed by atoms with Gasteiger partial charge in [0.25, 0.3) is 6.43 Å². The highest BCUT2D eigenvalue weighted by molar-refractivity contribution is 9.10. The van der Waals surface area contributed by atoms with Gasteiger partial charge in [0, 0.05) is 12.7 Å². The number of halogens is 3. The average Bonchev–Trinajstić information content (AvgIpc) is 2.66. The summed E-state index contributed by atoms with van der Waals surface area (Å²) >= 11 is 3.36. The fraction of sp³-hybridized carbons (Fsp3) is 0.727. The first-order chi connectivity index (χ1) is 8.13. The van der Waals surface area contributed by atoms with Crippen LogP contribution in [0.25, 0.3) is 0 Å². The van der Waals surface area contributed by atoms with Crippen molar-refractivity contribution in [3.63, 3.8) is 0 Å². The van der Waals surface area contributed by atoms with Gasteiger partial charge in [-0.2, -0.15) is 5.10 Å². The fourth-order valence-corrected chi connectivity index (χ4v) is 2.58. The Balaban J connectivity index is 1.75. The van der Waals surface area contributed by atoms with Gasteiger partial charge in [0.05, 0.1) is 17.2 Å². The van der Waals surface area contributed by atoms with Crippen LogP contribution in [-0.4, -0.2) is 40.7 Å². The minimum atomic E-state index is -2.21. The lowest BCUT2D eigenvalue weighted by Crippen LogP contribution is -2.37. The predicted octanol–water partition coefficient (Wildman–Crippen LogP) is 2.62. The lowest BCUT2D eigenvalue weighted by Gasteiger charge is -2.31. The van der Waals surface area contributed by atoms with Gasteiger partial charge < -0.3 is 0 Å². The number of hydrogen-bond acceptors (Lipinski definition) is 2. The Labute approximate surface area is 108 Å². The van der Waals surface area contributed by atoms with Gasteiger partial charge in [-0.1, -0.05) is 0 Å². The number of likely N-dealkylation sites (tertiary alicyclic amines) is 1. The molecule has 0 N–H and O–H groups in total. The molecule has 0 unspecified atom stereocenters. The van der Waals surface area contributed by atoms with Crippen molar-refractivity contribution in [2.75, 3.05) is 19.6 Å². The maximum absolute atomic E-state index is 12.2. The first-order valence-corrected chi connectivity index (χ1v) is 6.61. The minimum Gasteiger partial charge on any atom is -0.298 e. The van der Waals surface area contributed by atoms with Crippen LogP contribution in [-0.2, 0) is 6.54 Å². The van der Waals surface area contributed by atoms with E-state index in [0.29, 0.717) is 5.92 Å². The molecule has 0 amide bonds. The molecule has 2 rings (SSSR count). The molecule has 0 atom stereocenters. The van der Waals surface area contributed by atoms with Crippen LogP contribution >= 0.6 is 15.9 Å². The predicted molar refractivity (Wildman–Crippen MR) is 65.1 cm³/mol. The van der Waals surface area contributed by atoms with Gasteiger partial charge in [-0.25, -0.2) is 8.78 Å². The van der Waals surface area contributed by atoms with Gasteiger partial charge in [-0.05, 0) is 47.8 Å². The molecule has 2 heterocycles. The van der Waals surface area contributed by atoms with Crippen LogP contribution < -0.4 is 0 Å². The summed E-state index contributed by atoms with van der Waals surface area (Å²) in [5, 5.41) is 4.21. The normalized spacial score (nSPS) is 19.1. The lowest BCUT2D eigenvalue weighted by molar-refractivity contribution is 0.0666. The highest BCUT2D eigenvalue weighted by Crippen LogP contribution is 2.20. The van der Waals surface area contributed by atoms with E-state index in [4.69, 9.17) is 0 Å². The third kappa shape index (κ3) is 4.03. The van der Waals surface area contributed by atoms with E-state index in [1.807, 2.05) is 15.8 Å². The Bertz CT molecular complexity index is 348. The van der Waals surface area contributed by atoms with Gasteiger partial charge in [-0.3, -0.25) is 9.58 Å². The van der Waals surface area contributed by atoms with Crippen LogP contribution in [0.4, 0.5) is 8.78 Å². The van der Waals surface area contributed by atoms with Crippen LogP contribution in [0.3, 0.4) is 0 Å². The number of nitrogens with zero attached hydrogens (tertiary/aromatic N) is 3. The van der Waals surface area contributed by atoms with E-state index in [1.54, 1.807) is 6.20 Å². The topological polar surface area (TPSA) is 21.1 Å². The number of hydrogen-bond donors (Lipinski definition) is 0. The molecular formula is C11H16BrF2N3. The molecule has 1 fully saturated rings. The molecule has 1 aromatic heterocycles. The maximum atomic E-state index is 12.2. The fourth-order valence-electron chi connectivity index (χ4n) is 2.25. The SMILES string of the molecule is FC(F)CN1CCC(Cn2cc(Br)cn2)CC1. The van der Waals surface area contributed by atoms with E-state index < -0.39 is 6.43 Å². The Hall–Kier alpha value is -0.490. The third-order valence-electron chi connectivity index (χ3n) is 3.15. The van der Waals surface area contributed by atoms with Gasteiger partial charge in [0.2, 0.25) is 0 Å². The van der Waals surface area contributed by atoms with E-state index in [0.717, 1.165) is 36.9 Å². The Morgan fingerprint density at radius 1 is 1.41 bits per heavy atom. The van der Waals surface area contributed by atoms with E-state index in [-0.39, 0.29) is 6.54 Å². The quantitative estimate of drug-likeness (QED) is 0.852. The highest BCUT2D eigenvalue weighted by atomic mass is 79.9. The van der Waals surface area contributed by atoms with E-state index >= 15 is 0 Å². The van der Waals surface area contributed by atoms with Crippen molar-refractivity contribution in [1.29, 1.82) is 0 Å². The summed E-state index contributed by atoms with van der Waals surface area (Å²) in [6.07, 6.45) is 3.46. The molecule has 1 saturated heterocycles. The Morgan fingerprint density at radius 3 is 2.65 bits per heavy atom. The monoisotopic (exact) mass is 307 g/mol. The molecule has 0 aliphatic carbocycles. The molecule has 1 aliphatic heterocycles. The number of aromatic nitrogens is 2. The molecule has 1 aromatic rings. The molecule has 0 radical (unpaired) electrons. The van der Waals surface area contributed by atoms with Crippen molar-refractivity contribution in [2.45, 2.75) is 25.8 Å². The number of alkyl halides is 2. The summed E-state index contributed by atoms with van der Waals surface area (Å²) in [6, 6.07) is 0. The van der Waals surface area contributed by atoms with E-state index in [2.05, 4.69) is 21.0 Å².